The zero-order valence-corrected chi connectivity index (χ0v) is 5.49. The highest BCUT2D eigenvalue weighted by molar-refractivity contribution is 8.43. The van der Waals surface area contributed by atoms with Crippen LogP contribution in [0.2, 0.25) is 0 Å². The summed E-state index contributed by atoms with van der Waals surface area (Å²) in [6.45, 7) is 0. The topological polar surface area (TPSA) is 0 Å². The van der Waals surface area contributed by atoms with Crippen LogP contribution >= 0.6 is 37.4 Å². The molecule has 0 aliphatic heterocycles. The molecule has 0 aromatic carbocycles. The van der Waals surface area contributed by atoms with Crippen molar-refractivity contribution in [1.29, 1.82) is 0 Å². The zero-order valence-electron chi connectivity index (χ0n) is 2.08. The lowest BCUT2D eigenvalue weighted by atomic mass is 18.9. The Hall–Kier alpha value is 1.37. The van der Waals surface area contributed by atoms with Crippen LogP contribution in [0.4, 0.5) is 4.20 Å². The Kier molecular flexibility index (Phi) is 4.53. The van der Waals surface area contributed by atoms with E-state index in [0.29, 0.717) is 0 Å². The molecule has 0 rings (SSSR count). The van der Waals surface area contributed by atoms with Crippen molar-refractivity contribution in [2.24, 2.45) is 0 Å². The Morgan fingerprint density at radius 1 is 1.60 bits per heavy atom. The molecule has 0 aromatic heterocycles. The second-order valence-electron chi connectivity index (χ2n) is 0.317. The van der Waals surface area contributed by atoms with E-state index in [-0.39, 0.29) is 0 Å². The molecule has 0 aliphatic rings. The van der Waals surface area contributed by atoms with Crippen LogP contribution in [0.1, 0.15) is 0 Å². The molecule has 1 atom stereocenters. The molecule has 5 heteroatoms. The van der Waals surface area contributed by atoms with E-state index in [0.717, 1.165) is 0 Å². The first-order chi connectivity index (χ1) is 2.27. The van der Waals surface area contributed by atoms with Gasteiger partial charge in [-0.1, -0.05) is 22.5 Å². The van der Waals surface area contributed by atoms with E-state index in [2.05, 4.69) is 0 Å². The van der Waals surface area contributed by atoms with E-state index in [9.17, 15) is 4.20 Å². The van der Waals surface area contributed by atoms with Gasteiger partial charge in [0, 0.05) is 0 Å². The summed E-state index contributed by atoms with van der Waals surface area (Å²) in [5, 5.41) is 0. The van der Waals surface area contributed by atoms with Crippen LogP contribution < -0.4 is 0 Å². The van der Waals surface area contributed by atoms with Crippen molar-refractivity contribution in [3.05, 3.63) is 0 Å². The monoisotopic (exact) mass is 152 g/mol. The molecule has 0 aromatic rings. The lowest BCUT2D eigenvalue weighted by molar-refractivity contribution is 0.936. The highest BCUT2D eigenvalue weighted by Crippen LogP contribution is 2.64. The van der Waals surface area contributed by atoms with Gasteiger partial charge >= 0.3 is 0 Å². The summed E-state index contributed by atoms with van der Waals surface area (Å²) in [4.78, 5) is 0. The molecule has 1 unspecified atom stereocenters. The van der Waals surface area contributed by atoms with Gasteiger partial charge in [-0.2, -0.15) is 0 Å². The average molecular weight is 153 g/mol. The largest absolute Gasteiger partial charge is 0.223 e. The third-order valence-electron chi connectivity index (χ3n) is 0.0639. The van der Waals surface area contributed by atoms with E-state index in [1.807, 2.05) is 0 Å². The fraction of sp³-hybridized carbons (Fsp3) is 0. The van der Waals surface area contributed by atoms with Gasteiger partial charge in [0.05, 0.1) is 0 Å². The van der Waals surface area contributed by atoms with Crippen LogP contribution in [0.5, 0.6) is 0 Å². The highest BCUT2D eigenvalue weighted by atomic mass is 35.9. The van der Waals surface area contributed by atoms with Gasteiger partial charge in [-0.3, -0.25) is 0 Å². The third kappa shape index (κ3) is 5.37. The van der Waals surface area contributed by atoms with E-state index >= 15 is 0 Å². The molecule has 0 heterocycles. The van der Waals surface area contributed by atoms with E-state index in [4.69, 9.17) is 22.5 Å². The van der Waals surface area contributed by atoms with Crippen LogP contribution in [-0.2, 0) is 0 Å². The van der Waals surface area contributed by atoms with Crippen molar-refractivity contribution in [3.8, 4) is 0 Å². The fourth-order valence-electron chi connectivity index (χ4n) is 0. The summed E-state index contributed by atoms with van der Waals surface area (Å²) in [7, 11) is -0.790. The molecular weight excluding hydrogens is 152 g/mol. The van der Waals surface area contributed by atoms with Crippen molar-refractivity contribution in [2.75, 3.05) is 0 Å². The van der Waals surface area contributed by atoms with Crippen LogP contribution in [0.25, 0.3) is 0 Å². The molecule has 0 spiro atoms. The normalized spacial score (nSPS) is 12.0. The highest BCUT2D eigenvalue weighted by Gasteiger charge is 1.91. The van der Waals surface area contributed by atoms with Crippen molar-refractivity contribution in [1.82, 2.24) is 0 Å². The molecule has 0 saturated carbocycles. The number of halogens is 3. The van der Waals surface area contributed by atoms with Gasteiger partial charge in [-0.05, 0) is 0 Å². The molecule has 5 heavy (non-hydrogen) atoms. The minimum Gasteiger partial charge on any atom is -0.223 e. The molecule has 0 nitrogen and oxygen atoms in total. The van der Waals surface area contributed by atoms with Crippen LogP contribution in [0.15, 0.2) is 0 Å². The van der Waals surface area contributed by atoms with E-state index in [1.165, 1.54) is 0 Å². The summed E-state index contributed by atoms with van der Waals surface area (Å²) >= 11 is 9.86. The SMILES string of the molecule is FPP(Cl)Cl. The summed E-state index contributed by atoms with van der Waals surface area (Å²) in [5.74, 6) is 0. The Morgan fingerprint density at radius 2 is 1.80 bits per heavy atom. The van der Waals surface area contributed by atoms with Crippen molar-refractivity contribution >= 4 is 37.4 Å². The van der Waals surface area contributed by atoms with Crippen LogP contribution in [0, 0.1) is 0 Å². The fourth-order valence-corrected chi connectivity index (χ4v) is 0. The third-order valence-corrected chi connectivity index (χ3v) is 1.72. The maximum atomic E-state index is 10.9. The number of hydrogen-bond acceptors (Lipinski definition) is 0. The first kappa shape index (κ1) is 6.37. The Balaban J connectivity index is 2.54. The minimum absolute atomic E-state index is 0.790. The van der Waals surface area contributed by atoms with Gasteiger partial charge < -0.3 is 0 Å². The molecule has 0 N–H and O–H groups in total. The molecule has 0 bridgehead atoms. The predicted octanol–water partition coefficient (Wildman–Crippen LogP) is 3.25. The molecule has 0 radical (unpaired) electrons. The first-order valence-electron chi connectivity index (χ1n) is 0.751. The molecular formula is HCl2FP2. The Morgan fingerprint density at radius 3 is 1.80 bits per heavy atom. The molecule has 32 valence electrons. The van der Waals surface area contributed by atoms with Crippen molar-refractivity contribution in [2.45, 2.75) is 0 Å². The maximum absolute atomic E-state index is 10.9. The summed E-state index contributed by atoms with van der Waals surface area (Å²) in [6.07, 6.45) is -1.29. The molecule has 0 saturated heterocycles. The Labute approximate surface area is 42.2 Å². The van der Waals surface area contributed by atoms with Gasteiger partial charge in [0.1, 0.15) is 14.9 Å². The van der Waals surface area contributed by atoms with Crippen LogP contribution in [0.3, 0.4) is 0 Å². The van der Waals surface area contributed by atoms with Crippen molar-refractivity contribution < 1.29 is 4.20 Å². The summed E-state index contributed by atoms with van der Waals surface area (Å²) < 4.78 is 10.9. The maximum Gasteiger partial charge on any atom is 0.139 e. The quantitative estimate of drug-likeness (QED) is 0.507. The second kappa shape index (κ2) is 3.56. The standard InChI is InChI=1S/Cl2FHP2/c1-5(2)4-3/h4H. The minimum atomic E-state index is -1.29. The lowest BCUT2D eigenvalue weighted by Crippen LogP contribution is -1.07. The van der Waals surface area contributed by atoms with Gasteiger partial charge in [0.2, 0.25) is 0 Å². The smallest absolute Gasteiger partial charge is 0.139 e. The zero-order chi connectivity index (χ0) is 4.28. The number of rotatable bonds is 1. The molecule has 0 amide bonds. The molecule has 0 aliphatic carbocycles. The molecule has 0 fully saturated rings. The summed E-state index contributed by atoms with van der Waals surface area (Å²) in [6, 6.07) is 0. The van der Waals surface area contributed by atoms with Crippen LogP contribution in [-0.4, -0.2) is 0 Å². The lowest BCUT2D eigenvalue weighted by Gasteiger charge is -1.80. The van der Waals surface area contributed by atoms with Gasteiger partial charge in [-0.15, -0.1) is 0 Å². The Bertz CT molecular complexity index is 21.6. The van der Waals surface area contributed by atoms with E-state index in [1.54, 1.807) is 0 Å². The van der Waals surface area contributed by atoms with Gasteiger partial charge in [0.15, 0.2) is 0 Å². The van der Waals surface area contributed by atoms with E-state index < -0.39 is 14.9 Å². The second-order valence-corrected chi connectivity index (χ2v) is 7.05. The number of hydrogen-bond donors (Lipinski definition) is 0. The predicted molar refractivity (Wildman–Crippen MR) is 28.0 cm³/mol. The van der Waals surface area contributed by atoms with Crippen molar-refractivity contribution in [3.63, 3.8) is 0 Å². The average Bonchev–Trinajstić information content (AvgIpc) is 1.38. The first-order valence-corrected chi connectivity index (χ1v) is 5.62. The van der Waals surface area contributed by atoms with Gasteiger partial charge in [0.25, 0.3) is 0 Å². The summed E-state index contributed by atoms with van der Waals surface area (Å²) in [5.41, 5.74) is 0. The van der Waals surface area contributed by atoms with Gasteiger partial charge in [-0.25, -0.2) is 4.20 Å².